The van der Waals surface area contributed by atoms with Crippen LogP contribution in [0.25, 0.3) is 0 Å². The summed E-state index contributed by atoms with van der Waals surface area (Å²) in [5, 5.41) is 8.68. The Hall–Kier alpha value is -1.85. The largest absolute Gasteiger partial charge is 0.481 e. The molecule has 0 saturated heterocycles. The average molecular weight is 239 g/mol. The highest BCUT2D eigenvalue weighted by Gasteiger charge is 2.28. The van der Waals surface area contributed by atoms with E-state index in [4.69, 9.17) is 5.11 Å². The average Bonchev–Trinajstić information content (AvgIpc) is 2.67. The van der Waals surface area contributed by atoms with Crippen molar-refractivity contribution in [3.63, 3.8) is 0 Å². The van der Waals surface area contributed by atoms with Crippen LogP contribution in [0.1, 0.15) is 37.7 Å². The van der Waals surface area contributed by atoms with Gasteiger partial charge in [0.15, 0.2) is 0 Å². The first-order valence-electron chi connectivity index (χ1n) is 5.34. The first-order valence-corrected chi connectivity index (χ1v) is 5.34. The van der Waals surface area contributed by atoms with Crippen molar-refractivity contribution in [2.24, 2.45) is 0 Å². The minimum Gasteiger partial charge on any atom is -0.481 e. The molecule has 0 fully saturated rings. The number of amides is 1. The second kappa shape index (κ2) is 4.99. The lowest BCUT2D eigenvalue weighted by Gasteiger charge is -2.35. The van der Waals surface area contributed by atoms with Crippen LogP contribution in [-0.2, 0) is 4.79 Å². The molecule has 1 heterocycles. The second-order valence-electron chi connectivity index (χ2n) is 4.74. The van der Waals surface area contributed by atoms with Crippen molar-refractivity contribution in [2.75, 3.05) is 6.54 Å². The van der Waals surface area contributed by atoms with Gasteiger partial charge in [0.05, 0.1) is 18.9 Å². The number of aromatic nitrogens is 2. The number of aliphatic carboxylic acids is 1. The smallest absolute Gasteiger partial charge is 0.305 e. The van der Waals surface area contributed by atoms with Gasteiger partial charge >= 0.3 is 5.97 Å². The van der Waals surface area contributed by atoms with Crippen LogP contribution in [0.15, 0.2) is 12.5 Å². The molecule has 6 nitrogen and oxygen atoms in total. The van der Waals surface area contributed by atoms with Crippen molar-refractivity contribution >= 4 is 11.9 Å². The molecule has 1 rings (SSSR count). The summed E-state index contributed by atoms with van der Waals surface area (Å²) in [4.78, 5) is 30.7. The van der Waals surface area contributed by atoms with Gasteiger partial charge in [-0.1, -0.05) is 0 Å². The molecule has 6 heteroatoms. The number of nitrogens with zero attached hydrogens (tertiary/aromatic N) is 2. The van der Waals surface area contributed by atoms with Gasteiger partial charge in [0.25, 0.3) is 5.91 Å². The van der Waals surface area contributed by atoms with Crippen LogP contribution in [0.2, 0.25) is 0 Å². The Labute approximate surface area is 99.7 Å². The number of imidazole rings is 1. The van der Waals surface area contributed by atoms with Crippen LogP contribution in [0.3, 0.4) is 0 Å². The third-order valence-corrected chi connectivity index (χ3v) is 2.33. The maximum atomic E-state index is 12.1. The minimum atomic E-state index is -0.920. The van der Waals surface area contributed by atoms with Crippen molar-refractivity contribution in [1.29, 1.82) is 0 Å². The predicted molar refractivity (Wildman–Crippen MR) is 61.6 cm³/mol. The van der Waals surface area contributed by atoms with E-state index in [1.807, 2.05) is 20.8 Å². The van der Waals surface area contributed by atoms with E-state index in [9.17, 15) is 9.59 Å². The Morgan fingerprint density at radius 2 is 2.12 bits per heavy atom. The molecule has 1 amide bonds. The lowest BCUT2D eigenvalue weighted by Crippen LogP contribution is -2.46. The van der Waals surface area contributed by atoms with E-state index >= 15 is 0 Å². The normalized spacial score (nSPS) is 11.2. The van der Waals surface area contributed by atoms with E-state index in [1.165, 1.54) is 17.4 Å². The molecular weight excluding hydrogens is 222 g/mol. The first-order chi connectivity index (χ1) is 7.82. The van der Waals surface area contributed by atoms with Gasteiger partial charge < -0.3 is 15.0 Å². The topological polar surface area (TPSA) is 86.3 Å². The molecular formula is C11H17N3O3. The number of carboxylic acids is 1. The van der Waals surface area contributed by atoms with Crippen molar-refractivity contribution in [2.45, 2.75) is 32.7 Å². The van der Waals surface area contributed by atoms with Crippen LogP contribution in [0.4, 0.5) is 0 Å². The van der Waals surface area contributed by atoms with Crippen molar-refractivity contribution in [1.82, 2.24) is 14.9 Å². The first kappa shape index (κ1) is 13.2. The summed E-state index contributed by atoms with van der Waals surface area (Å²) in [6, 6.07) is 0. The zero-order valence-electron chi connectivity index (χ0n) is 10.2. The van der Waals surface area contributed by atoms with Gasteiger partial charge in [-0.05, 0) is 20.8 Å². The van der Waals surface area contributed by atoms with Gasteiger partial charge in [-0.15, -0.1) is 0 Å². The molecule has 0 aliphatic rings. The van der Waals surface area contributed by atoms with Gasteiger partial charge in [-0.2, -0.15) is 0 Å². The van der Waals surface area contributed by atoms with E-state index in [0.29, 0.717) is 5.69 Å². The molecule has 0 aliphatic carbocycles. The number of carbonyl (C=O) groups excluding carboxylic acids is 1. The summed E-state index contributed by atoms with van der Waals surface area (Å²) in [5.74, 6) is -1.16. The summed E-state index contributed by atoms with van der Waals surface area (Å²) >= 11 is 0. The van der Waals surface area contributed by atoms with E-state index in [-0.39, 0.29) is 18.9 Å². The van der Waals surface area contributed by atoms with Gasteiger partial charge in [0.1, 0.15) is 5.69 Å². The minimum absolute atomic E-state index is 0.0723. The molecule has 0 radical (unpaired) electrons. The Morgan fingerprint density at radius 3 is 2.53 bits per heavy atom. The summed E-state index contributed by atoms with van der Waals surface area (Å²) in [6.45, 7) is 5.77. The lowest BCUT2D eigenvalue weighted by atomic mass is 10.0. The fourth-order valence-electron chi connectivity index (χ4n) is 1.47. The van der Waals surface area contributed by atoms with Crippen molar-refractivity contribution < 1.29 is 14.7 Å². The van der Waals surface area contributed by atoms with E-state index in [2.05, 4.69) is 9.97 Å². The molecule has 94 valence electrons. The lowest BCUT2D eigenvalue weighted by molar-refractivity contribution is -0.137. The molecule has 2 N–H and O–H groups in total. The standard InChI is InChI=1S/C11H17N3O3/c1-11(2,3)14(5-4-9(15)16)10(17)8-6-12-7-13-8/h6-7H,4-5H2,1-3H3,(H,12,13)(H,15,16). The van der Waals surface area contributed by atoms with Gasteiger partial charge in [0, 0.05) is 12.1 Å². The number of hydrogen-bond donors (Lipinski definition) is 2. The van der Waals surface area contributed by atoms with Crippen molar-refractivity contribution in [3.8, 4) is 0 Å². The van der Waals surface area contributed by atoms with E-state index in [1.54, 1.807) is 0 Å². The van der Waals surface area contributed by atoms with Crippen LogP contribution >= 0.6 is 0 Å². The maximum Gasteiger partial charge on any atom is 0.305 e. The van der Waals surface area contributed by atoms with Gasteiger partial charge in [-0.3, -0.25) is 9.59 Å². The highest BCUT2D eigenvalue weighted by Crippen LogP contribution is 2.16. The molecule has 0 saturated carbocycles. The summed E-state index contributed by atoms with van der Waals surface area (Å²) in [6.07, 6.45) is 2.78. The van der Waals surface area contributed by atoms with Crippen LogP contribution in [-0.4, -0.2) is 43.9 Å². The monoisotopic (exact) mass is 239 g/mol. The van der Waals surface area contributed by atoms with Crippen LogP contribution in [0.5, 0.6) is 0 Å². The molecule has 0 unspecified atom stereocenters. The number of aromatic amines is 1. The number of carboxylic acid groups (broad SMARTS) is 1. The fourth-order valence-corrected chi connectivity index (χ4v) is 1.47. The second-order valence-corrected chi connectivity index (χ2v) is 4.74. The third kappa shape index (κ3) is 3.58. The number of carbonyl (C=O) groups is 2. The fraction of sp³-hybridized carbons (Fsp3) is 0.545. The maximum absolute atomic E-state index is 12.1. The van der Waals surface area contributed by atoms with Crippen molar-refractivity contribution in [3.05, 3.63) is 18.2 Å². The molecule has 17 heavy (non-hydrogen) atoms. The van der Waals surface area contributed by atoms with Gasteiger partial charge in [0.2, 0.25) is 0 Å². The molecule has 0 aliphatic heterocycles. The molecule has 0 spiro atoms. The Morgan fingerprint density at radius 1 is 1.47 bits per heavy atom. The number of nitrogens with one attached hydrogen (secondary N) is 1. The molecule has 1 aromatic heterocycles. The summed E-state index contributed by atoms with van der Waals surface area (Å²) in [7, 11) is 0. The number of rotatable bonds is 4. The molecule has 1 aromatic rings. The zero-order chi connectivity index (χ0) is 13.1. The molecule has 0 aromatic carbocycles. The molecule has 0 bridgehead atoms. The highest BCUT2D eigenvalue weighted by atomic mass is 16.4. The summed E-state index contributed by atoms with van der Waals surface area (Å²) < 4.78 is 0. The van der Waals surface area contributed by atoms with E-state index < -0.39 is 11.5 Å². The quantitative estimate of drug-likeness (QED) is 0.824. The highest BCUT2D eigenvalue weighted by molar-refractivity contribution is 5.92. The van der Waals surface area contributed by atoms with Gasteiger partial charge in [-0.25, -0.2) is 4.98 Å². The third-order valence-electron chi connectivity index (χ3n) is 2.33. The predicted octanol–water partition coefficient (Wildman–Crippen LogP) is 1.13. The molecule has 0 atom stereocenters. The SMILES string of the molecule is CC(C)(C)N(CCC(=O)O)C(=O)c1cnc[nH]1. The summed E-state index contributed by atoms with van der Waals surface area (Å²) in [5.41, 5.74) is -0.0669. The Bertz CT molecular complexity index is 393. The van der Waals surface area contributed by atoms with E-state index in [0.717, 1.165) is 0 Å². The number of H-pyrrole nitrogens is 1. The van der Waals surface area contributed by atoms with Crippen LogP contribution in [0, 0.1) is 0 Å². The Kier molecular flexibility index (Phi) is 3.88. The number of hydrogen-bond acceptors (Lipinski definition) is 3. The zero-order valence-corrected chi connectivity index (χ0v) is 10.2. The van der Waals surface area contributed by atoms with Crippen LogP contribution < -0.4 is 0 Å². The Balaban J connectivity index is 2.84.